The van der Waals surface area contributed by atoms with Gasteiger partial charge >= 0.3 is 0 Å². The van der Waals surface area contributed by atoms with Crippen LogP contribution in [0.2, 0.25) is 0 Å². The molecule has 0 unspecified atom stereocenters. The smallest absolute Gasteiger partial charge is 0.259 e. The molecule has 0 bridgehead atoms. The summed E-state index contributed by atoms with van der Waals surface area (Å²) in [7, 11) is 0. The molecule has 0 saturated heterocycles. The van der Waals surface area contributed by atoms with Crippen molar-refractivity contribution in [2.24, 2.45) is 0 Å². The van der Waals surface area contributed by atoms with E-state index in [0.717, 1.165) is 21.8 Å². The van der Waals surface area contributed by atoms with Gasteiger partial charge in [-0.05, 0) is 44.2 Å². The number of aromatic nitrogens is 4. The molecule has 0 N–H and O–H groups in total. The van der Waals surface area contributed by atoms with E-state index in [4.69, 9.17) is 4.98 Å². The molecule has 1 aromatic carbocycles. The molecular formula is C20H18FN5OS. The van der Waals surface area contributed by atoms with Crippen LogP contribution in [0.4, 0.5) is 10.1 Å². The predicted octanol–water partition coefficient (Wildman–Crippen LogP) is 3.69. The summed E-state index contributed by atoms with van der Waals surface area (Å²) in [5.41, 5.74) is 3.06. The number of hydrogen-bond donors (Lipinski definition) is 0. The molecule has 142 valence electrons. The number of rotatable bonds is 5. The number of nitrogens with zero attached hydrogens (tertiary/aromatic N) is 5. The van der Waals surface area contributed by atoms with E-state index in [0.29, 0.717) is 23.7 Å². The first kappa shape index (κ1) is 18.2. The number of fused-ring (bicyclic) bond motifs is 1. The highest BCUT2D eigenvalue weighted by molar-refractivity contribution is 7.17. The van der Waals surface area contributed by atoms with Crippen molar-refractivity contribution < 1.29 is 4.39 Å². The molecular weight excluding hydrogens is 377 g/mol. The summed E-state index contributed by atoms with van der Waals surface area (Å²) in [6.07, 6.45) is 3.25. The highest BCUT2D eigenvalue weighted by atomic mass is 32.1. The molecule has 4 aromatic rings. The normalized spacial score (nSPS) is 11.1. The fourth-order valence-electron chi connectivity index (χ4n) is 3.20. The molecule has 3 aromatic heterocycles. The van der Waals surface area contributed by atoms with E-state index in [2.05, 4.69) is 10.2 Å². The number of anilines is 1. The van der Waals surface area contributed by atoms with E-state index in [1.54, 1.807) is 35.0 Å². The molecule has 0 aliphatic carbocycles. The van der Waals surface area contributed by atoms with Gasteiger partial charge in [0.05, 0.1) is 30.3 Å². The molecule has 28 heavy (non-hydrogen) atoms. The maximum atomic E-state index is 13.2. The van der Waals surface area contributed by atoms with E-state index in [1.165, 1.54) is 23.5 Å². The Morgan fingerprint density at radius 2 is 1.96 bits per heavy atom. The van der Waals surface area contributed by atoms with Crippen molar-refractivity contribution in [2.45, 2.75) is 20.4 Å². The van der Waals surface area contributed by atoms with Crippen LogP contribution >= 0.6 is 11.3 Å². The van der Waals surface area contributed by atoms with Crippen molar-refractivity contribution in [1.29, 1.82) is 0 Å². The van der Waals surface area contributed by atoms with Crippen molar-refractivity contribution in [2.75, 3.05) is 11.4 Å². The lowest BCUT2D eigenvalue weighted by Gasteiger charge is -2.22. The maximum absolute atomic E-state index is 13.2. The van der Waals surface area contributed by atoms with E-state index in [1.807, 2.05) is 24.8 Å². The third-order valence-corrected chi connectivity index (χ3v) is 5.48. The van der Waals surface area contributed by atoms with E-state index in [9.17, 15) is 9.18 Å². The minimum Gasteiger partial charge on any atom is -0.366 e. The summed E-state index contributed by atoms with van der Waals surface area (Å²) >= 11 is 1.47. The Hall–Kier alpha value is -3.13. The third-order valence-electron chi connectivity index (χ3n) is 4.53. The summed E-state index contributed by atoms with van der Waals surface area (Å²) in [6, 6.07) is 9.71. The molecule has 0 amide bonds. The van der Waals surface area contributed by atoms with Gasteiger partial charge in [0.2, 0.25) is 0 Å². The number of aryl methyl sites for hydroxylation is 1. The molecule has 0 aliphatic heterocycles. The predicted molar refractivity (Wildman–Crippen MR) is 108 cm³/mol. The Bertz CT molecular complexity index is 1170. The number of halogens is 1. The summed E-state index contributed by atoms with van der Waals surface area (Å²) in [4.78, 5) is 21.3. The number of benzene rings is 1. The average Bonchev–Trinajstić information content (AvgIpc) is 3.04. The second-order valence-electron chi connectivity index (χ2n) is 6.33. The summed E-state index contributed by atoms with van der Waals surface area (Å²) < 4.78 is 14.8. The van der Waals surface area contributed by atoms with Crippen molar-refractivity contribution in [3.63, 3.8) is 0 Å². The first-order valence-electron chi connectivity index (χ1n) is 8.86. The van der Waals surface area contributed by atoms with Gasteiger partial charge in [-0.1, -0.05) is 0 Å². The minimum atomic E-state index is -0.273. The Balaban J connectivity index is 1.74. The largest absolute Gasteiger partial charge is 0.366 e. The lowest BCUT2D eigenvalue weighted by Crippen LogP contribution is -2.24. The van der Waals surface area contributed by atoms with Crippen molar-refractivity contribution in [3.05, 3.63) is 75.5 Å². The van der Waals surface area contributed by atoms with Crippen LogP contribution in [0.3, 0.4) is 0 Å². The van der Waals surface area contributed by atoms with Gasteiger partial charge in [0, 0.05) is 28.7 Å². The van der Waals surface area contributed by atoms with Gasteiger partial charge in [0.15, 0.2) is 4.96 Å². The van der Waals surface area contributed by atoms with Crippen LogP contribution < -0.4 is 10.5 Å². The van der Waals surface area contributed by atoms with Gasteiger partial charge in [-0.2, -0.15) is 10.2 Å². The SMILES string of the molecule is CCN(Cc1cc(=O)n2c(-c3ccnnc3)c(C)sc2n1)c1ccc(F)cc1. The van der Waals surface area contributed by atoms with Gasteiger partial charge in [-0.3, -0.25) is 9.20 Å². The van der Waals surface area contributed by atoms with Crippen molar-refractivity contribution in [3.8, 4) is 11.3 Å². The lowest BCUT2D eigenvalue weighted by molar-refractivity contribution is 0.627. The van der Waals surface area contributed by atoms with Gasteiger partial charge < -0.3 is 4.90 Å². The van der Waals surface area contributed by atoms with Gasteiger partial charge in [-0.25, -0.2) is 9.37 Å². The zero-order valence-electron chi connectivity index (χ0n) is 15.5. The average molecular weight is 395 g/mol. The van der Waals surface area contributed by atoms with Crippen LogP contribution in [0.25, 0.3) is 16.2 Å². The quantitative estimate of drug-likeness (QED) is 0.516. The first-order chi connectivity index (χ1) is 13.6. The van der Waals surface area contributed by atoms with E-state index in [-0.39, 0.29) is 11.4 Å². The zero-order valence-corrected chi connectivity index (χ0v) is 16.3. The standard InChI is InChI=1S/C20H18FN5OS/c1-3-25(17-6-4-15(21)5-7-17)12-16-10-18(27)26-19(13(2)28-20(26)24-16)14-8-9-22-23-11-14/h4-11H,3,12H2,1-2H3. The van der Waals surface area contributed by atoms with Gasteiger partial charge in [0.1, 0.15) is 5.82 Å². The third kappa shape index (κ3) is 3.38. The Kier molecular flexibility index (Phi) is 4.87. The first-order valence-corrected chi connectivity index (χ1v) is 9.68. The molecule has 3 heterocycles. The molecule has 6 nitrogen and oxygen atoms in total. The van der Waals surface area contributed by atoms with Gasteiger partial charge in [0.25, 0.3) is 5.56 Å². The number of thiazole rings is 1. The van der Waals surface area contributed by atoms with Crippen LogP contribution in [0, 0.1) is 12.7 Å². The second kappa shape index (κ2) is 7.47. The molecule has 8 heteroatoms. The van der Waals surface area contributed by atoms with Gasteiger partial charge in [-0.15, -0.1) is 11.3 Å². The highest BCUT2D eigenvalue weighted by Gasteiger charge is 2.16. The maximum Gasteiger partial charge on any atom is 0.259 e. The zero-order chi connectivity index (χ0) is 19.7. The van der Waals surface area contributed by atoms with Crippen LogP contribution in [-0.4, -0.2) is 26.1 Å². The molecule has 0 atom stereocenters. The fourth-order valence-corrected chi connectivity index (χ4v) is 4.22. The molecule has 0 aliphatic rings. The Labute approximate surface area is 164 Å². The van der Waals surface area contributed by atoms with Crippen molar-refractivity contribution >= 4 is 22.0 Å². The minimum absolute atomic E-state index is 0.133. The van der Waals surface area contributed by atoms with E-state index >= 15 is 0 Å². The molecule has 0 radical (unpaired) electrons. The lowest BCUT2D eigenvalue weighted by atomic mass is 10.2. The van der Waals surface area contributed by atoms with Crippen LogP contribution in [-0.2, 0) is 6.54 Å². The topological polar surface area (TPSA) is 63.4 Å². The summed E-state index contributed by atoms with van der Waals surface area (Å²) in [5.74, 6) is -0.273. The Morgan fingerprint density at radius 1 is 1.18 bits per heavy atom. The fraction of sp³-hybridized carbons (Fsp3) is 0.200. The Morgan fingerprint density at radius 3 is 2.64 bits per heavy atom. The van der Waals surface area contributed by atoms with Crippen LogP contribution in [0.15, 0.2) is 53.6 Å². The summed E-state index contributed by atoms with van der Waals surface area (Å²) in [5, 5.41) is 7.71. The molecule has 0 fully saturated rings. The van der Waals surface area contributed by atoms with Crippen LogP contribution in [0.5, 0.6) is 0 Å². The number of hydrogen-bond acceptors (Lipinski definition) is 6. The molecule has 0 saturated carbocycles. The monoisotopic (exact) mass is 395 g/mol. The highest BCUT2D eigenvalue weighted by Crippen LogP contribution is 2.29. The second-order valence-corrected chi connectivity index (χ2v) is 7.51. The van der Waals surface area contributed by atoms with Crippen molar-refractivity contribution in [1.82, 2.24) is 19.6 Å². The summed E-state index contributed by atoms with van der Waals surface area (Å²) in [6.45, 7) is 5.16. The molecule has 0 spiro atoms. The van der Waals surface area contributed by atoms with E-state index < -0.39 is 0 Å². The molecule has 4 rings (SSSR count). The van der Waals surface area contributed by atoms with Crippen LogP contribution in [0.1, 0.15) is 17.5 Å².